The fourth-order valence-electron chi connectivity index (χ4n) is 5.24. The number of piperidine rings is 2. The Bertz CT molecular complexity index is 1050. The van der Waals surface area contributed by atoms with Crippen LogP contribution in [0.5, 0.6) is 0 Å². The summed E-state index contributed by atoms with van der Waals surface area (Å²) in [6.45, 7) is 2.63. The molecular weight excluding hydrogens is 467 g/mol. The lowest BCUT2D eigenvalue weighted by atomic mass is 9.90. The normalized spacial score (nSPS) is 21.2. The zero-order valence-corrected chi connectivity index (χ0v) is 20.9. The van der Waals surface area contributed by atoms with Gasteiger partial charge < -0.3 is 14.7 Å². The van der Waals surface area contributed by atoms with E-state index in [-0.39, 0.29) is 24.5 Å². The number of likely N-dealkylation sites (N-methyl/N-ethyl adjacent to an activating group) is 1. The second-order valence-corrected chi connectivity index (χ2v) is 10.2. The molecule has 2 fully saturated rings. The first kappa shape index (κ1) is 26.2. The largest absolute Gasteiger partial charge is 0.416 e. The van der Waals surface area contributed by atoms with Crippen molar-refractivity contribution in [2.75, 3.05) is 43.5 Å². The van der Waals surface area contributed by atoms with E-state index in [1.165, 1.54) is 18.6 Å². The lowest BCUT2D eigenvalue weighted by Crippen LogP contribution is -2.45. The summed E-state index contributed by atoms with van der Waals surface area (Å²) in [6, 6.07) is 13.3. The van der Waals surface area contributed by atoms with E-state index in [1.807, 2.05) is 12.1 Å². The van der Waals surface area contributed by atoms with Crippen LogP contribution in [0.3, 0.4) is 0 Å². The van der Waals surface area contributed by atoms with Crippen LogP contribution in [0, 0.1) is 5.92 Å². The molecule has 36 heavy (non-hydrogen) atoms. The highest BCUT2D eigenvalue weighted by molar-refractivity contribution is 5.98. The molecule has 2 aromatic rings. The summed E-state index contributed by atoms with van der Waals surface area (Å²) >= 11 is 0. The highest BCUT2D eigenvalue weighted by Crippen LogP contribution is 2.31. The Kier molecular flexibility index (Phi) is 8.03. The van der Waals surface area contributed by atoms with Crippen LogP contribution in [-0.4, -0.2) is 56.4 Å². The number of benzene rings is 2. The Morgan fingerprint density at radius 2 is 1.58 bits per heavy atom. The van der Waals surface area contributed by atoms with E-state index >= 15 is 0 Å². The number of hydrogen-bond acceptors (Lipinski definition) is 4. The number of anilines is 2. The van der Waals surface area contributed by atoms with Gasteiger partial charge >= 0.3 is 6.18 Å². The van der Waals surface area contributed by atoms with E-state index in [0.717, 1.165) is 49.4 Å². The van der Waals surface area contributed by atoms with Crippen molar-refractivity contribution in [1.82, 2.24) is 4.90 Å². The van der Waals surface area contributed by atoms with Gasteiger partial charge in [-0.1, -0.05) is 12.1 Å². The third-order valence-electron chi connectivity index (χ3n) is 7.36. The molecule has 0 aliphatic carbocycles. The summed E-state index contributed by atoms with van der Waals surface area (Å²) < 4.78 is 38.3. The second kappa shape index (κ2) is 11.0. The summed E-state index contributed by atoms with van der Waals surface area (Å²) in [5, 5.41) is 0. The molecule has 8 heteroatoms. The van der Waals surface area contributed by atoms with Crippen molar-refractivity contribution >= 4 is 23.1 Å². The SMILES string of the molecule is CN(C)C1CCCN(c2ccc(N3CCC[C@@H](CC(=O)Cc4ccc(C(F)(F)F)cc4)C3=O)cc2)C1. The first-order valence-electron chi connectivity index (χ1n) is 12.6. The van der Waals surface area contributed by atoms with E-state index in [0.29, 0.717) is 24.6 Å². The molecule has 2 heterocycles. The summed E-state index contributed by atoms with van der Waals surface area (Å²) in [7, 11) is 4.23. The fraction of sp³-hybridized carbons (Fsp3) is 0.500. The molecule has 2 atom stereocenters. The van der Waals surface area contributed by atoms with Crippen LogP contribution in [0.1, 0.15) is 43.2 Å². The highest BCUT2D eigenvalue weighted by Gasteiger charge is 2.32. The molecule has 2 saturated heterocycles. The van der Waals surface area contributed by atoms with Crippen LogP contribution in [0.15, 0.2) is 48.5 Å². The molecule has 2 aliphatic rings. The van der Waals surface area contributed by atoms with Crippen LogP contribution in [0.25, 0.3) is 0 Å². The lowest BCUT2D eigenvalue weighted by Gasteiger charge is -2.38. The number of carbonyl (C=O) groups excluding carboxylic acids is 2. The molecule has 0 radical (unpaired) electrons. The van der Waals surface area contributed by atoms with Crippen LogP contribution in [0.4, 0.5) is 24.5 Å². The number of halogens is 3. The molecule has 0 N–H and O–H groups in total. The molecule has 1 unspecified atom stereocenters. The van der Waals surface area contributed by atoms with E-state index < -0.39 is 17.7 Å². The van der Waals surface area contributed by atoms with Gasteiger partial charge in [-0.2, -0.15) is 13.2 Å². The number of nitrogens with zero attached hydrogens (tertiary/aromatic N) is 3. The topological polar surface area (TPSA) is 43.9 Å². The van der Waals surface area contributed by atoms with Gasteiger partial charge in [0.2, 0.25) is 5.91 Å². The Morgan fingerprint density at radius 1 is 0.944 bits per heavy atom. The molecule has 0 aromatic heterocycles. The predicted molar refractivity (Wildman–Crippen MR) is 135 cm³/mol. The van der Waals surface area contributed by atoms with Crippen LogP contribution < -0.4 is 9.80 Å². The number of Topliss-reactive ketones (excluding diaryl/α,β-unsaturated/α-hetero) is 1. The van der Waals surface area contributed by atoms with Gasteiger partial charge in [-0.15, -0.1) is 0 Å². The van der Waals surface area contributed by atoms with Crippen LogP contribution >= 0.6 is 0 Å². The van der Waals surface area contributed by atoms with Gasteiger partial charge in [-0.05, 0) is 81.7 Å². The minimum absolute atomic E-state index is 0.0282. The molecule has 0 saturated carbocycles. The molecule has 4 rings (SSSR count). The van der Waals surface area contributed by atoms with Crippen LogP contribution in [0.2, 0.25) is 0 Å². The van der Waals surface area contributed by atoms with Gasteiger partial charge in [-0.25, -0.2) is 0 Å². The zero-order valence-electron chi connectivity index (χ0n) is 20.9. The number of amides is 1. The van der Waals surface area contributed by atoms with Gasteiger partial charge in [-0.3, -0.25) is 9.59 Å². The Labute approximate surface area is 210 Å². The molecule has 1 amide bonds. The number of carbonyl (C=O) groups is 2. The summed E-state index contributed by atoms with van der Waals surface area (Å²) in [5.41, 5.74) is 1.78. The smallest absolute Gasteiger partial charge is 0.370 e. The third kappa shape index (κ3) is 6.27. The van der Waals surface area contributed by atoms with Crippen molar-refractivity contribution in [1.29, 1.82) is 0 Å². The van der Waals surface area contributed by atoms with E-state index in [9.17, 15) is 22.8 Å². The maximum atomic E-state index is 13.2. The average molecular weight is 502 g/mol. The van der Waals surface area contributed by atoms with Gasteiger partial charge in [0.05, 0.1) is 5.56 Å². The van der Waals surface area contributed by atoms with Crippen molar-refractivity contribution in [3.63, 3.8) is 0 Å². The molecule has 2 aromatic carbocycles. The highest BCUT2D eigenvalue weighted by atomic mass is 19.4. The van der Waals surface area contributed by atoms with Gasteiger partial charge in [0.15, 0.2) is 0 Å². The molecule has 5 nitrogen and oxygen atoms in total. The minimum atomic E-state index is -4.40. The molecular formula is C28H34F3N3O2. The monoisotopic (exact) mass is 501 g/mol. The average Bonchev–Trinajstić information content (AvgIpc) is 2.85. The number of ketones is 1. The third-order valence-corrected chi connectivity index (χ3v) is 7.36. The van der Waals surface area contributed by atoms with Gasteiger partial charge in [0.1, 0.15) is 5.78 Å². The Balaban J connectivity index is 1.35. The first-order valence-corrected chi connectivity index (χ1v) is 12.6. The predicted octanol–water partition coefficient (Wildman–Crippen LogP) is 5.18. The summed E-state index contributed by atoms with van der Waals surface area (Å²) in [6.07, 6.45) is -0.468. The van der Waals surface area contributed by atoms with E-state index in [1.54, 1.807) is 4.90 Å². The molecule has 0 spiro atoms. The summed E-state index contributed by atoms with van der Waals surface area (Å²) in [5.74, 6) is -0.588. The Morgan fingerprint density at radius 3 is 2.22 bits per heavy atom. The van der Waals surface area contributed by atoms with Crippen molar-refractivity contribution in [2.45, 2.75) is 50.7 Å². The number of alkyl halides is 3. The first-order chi connectivity index (χ1) is 17.1. The lowest BCUT2D eigenvalue weighted by molar-refractivity contribution is -0.137. The molecule has 2 aliphatic heterocycles. The zero-order chi connectivity index (χ0) is 25.9. The van der Waals surface area contributed by atoms with Crippen molar-refractivity contribution in [2.24, 2.45) is 5.92 Å². The van der Waals surface area contributed by atoms with Crippen molar-refractivity contribution < 1.29 is 22.8 Å². The number of rotatable bonds is 7. The minimum Gasteiger partial charge on any atom is -0.370 e. The van der Waals surface area contributed by atoms with Gasteiger partial charge in [0.25, 0.3) is 0 Å². The number of hydrogen-bond donors (Lipinski definition) is 0. The van der Waals surface area contributed by atoms with Crippen molar-refractivity contribution in [3.8, 4) is 0 Å². The van der Waals surface area contributed by atoms with E-state index in [4.69, 9.17) is 0 Å². The quantitative estimate of drug-likeness (QED) is 0.525. The Hall–Kier alpha value is -2.87. The maximum Gasteiger partial charge on any atom is 0.416 e. The van der Waals surface area contributed by atoms with E-state index in [2.05, 4.69) is 36.0 Å². The molecule has 194 valence electrons. The maximum absolute atomic E-state index is 13.2. The van der Waals surface area contributed by atoms with Crippen LogP contribution in [-0.2, 0) is 22.2 Å². The standard InChI is InChI=1S/C28H34F3N3O2/c1-32(2)25-6-4-15-33(19-25)23-11-13-24(14-12-23)34-16-3-5-21(27(34)36)18-26(35)17-20-7-9-22(10-8-20)28(29,30)31/h7-14,21,25H,3-6,15-19H2,1-2H3/t21-,25?/m0/s1. The van der Waals surface area contributed by atoms with Crippen molar-refractivity contribution in [3.05, 3.63) is 59.7 Å². The second-order valence-electron chi connectivity index (χ2n) is 10.2. The summed E-state index contributed by atoms with van der Waals surface area (Å²) in [4.78, 5) is 32.3. The van der Waals surface area contributed by atoms with Gasteiger partial charge in [0, 0.05) is 55.8 Å². The molecule has 0 bridgehead atoms. The fourth-order valence-corrected chi connectivity index (χ4v) is 5.24.